The van der Waals surface area contributed by atoms with Crippen LogP contribution in [0.15, 0.2) is 65.4 Å². The first-order valence-electron chi connectivity index (χ1n) is 7.50. The maximum absolute atomic E-state index is 11.7. The van der Waals surface area contributed by atoms with Crippen molar-refractivity contribution in [3.63, 3.8) is 0 Å². The highest BCUT2D eigenvalue weighted by molar-refractivity contribution is 9.10. The highest BCUT2D eigenvalue weighted by Crippen LogP contribution is 2.26. The molecule has 130 valence electrons. The summed E-state index contributed by atoms with van der Waals surface area (Å²) in [6.45, 7) is 0. The Kier molecular flexibility index (Phi) is 5.23. The second-order valence-corrected chi connectivity index (χ2v) is 6.17. The second kappa shape index (κ2) is 7.75. The van der Waals surface area contributed by atoms with Gasteiger partial charge in [-0.25, -0.2) is 14.8 Å². The van der Waals surface area contributed by atoms with Crippen LogP contribution in [0, 0.1) is 0 Å². The molecule has 3 aromatic rings. The predicted octanol–water partition coefficient (Wildman–Crippen LogP) is 3.72. The van der Waals surface area contributed by atoms with Gasteiger partial charge in [-0.1, -0.05) is 22.0 Å². The number of nitrogens with zero attached hydrogens (tertiary/aromatic N) is 2. The van der Waals surface area contributed by atoms with Gasteiger partial charge in [0.05, 0.1) is 5.52 Å². The van der Waals surface area contributed by atoms with E-state index < -0.39 is 11.9 Å². The summed E-state index contributed by atoms with van der Waals surface area (Å²) in [4.78, 5) is 30.6. The van der Waals surface area contributed by atoms with Crippen LogP contribution in [0.5, 0.6) is 0 Å². The van der Waals surface area contributed by atoms with Crippen LogP contribution in [0.2, 0.25) is 0 Å². The van der Waals surface area contributed by atoms with E-state index in [1.54, 1.807) is 18.2 Å². The van der Waals surface area contributed by atoms with E-state index in [9.17, 15) is 9.59 Å². The molecule has 0 unspecified atom stereocenters. The Morgan fingerprint density at radius 2 is 1.88 bits per heavy atom. The van der Waals surface area contributed by atoms with Gasteiger partial charge in [-0.3, -0.25) is 4.79 Å². The topological polar surface area (TPSA) is 104 Å². The summed E-state index contributed by atoms with van der Waals surface area (Å²) in [5.41, 5.74) is 2.01. The van der Waals surface area contributed by atoms with E-state index >= 15 is 0 Å². The van der Waals surface area contributed by atoms with Crippen LogP contribution >= 0.6 is 15.9 Å². The van der Waals surface area contributed by atoms with E-state index in [0.717, 1.165) is 27.7 Å². The van der Waals surface area contributed by atoms with Gasteiger partial charge < -0.3 is 15.7 Å². The molecular formula is C18H13BrN4O3. The molecule has 1 heterocycles. The van der Waals surface area contributed by atoms with Crippen LogP contribution in [0.1, 0.15) is 0 Å². The van der Waals surface area contributed by atoms with Crippen molar-refractivity contribution in [2.75, 3.05) is 10.6 Å². The molecular weight excluding hydrogens is 400 g/mol. The molecule has 0 aliphatic rings. The van der Waals surface area contributed by atoms with Crippen LogP contribution in [-0.4, -0.2) is 27.0 Å². The molecule has 8 heteroatoms. The van der Waals surface area contributed by atoms with Crippen molar-refractivity contribution >= 4 is 55.9 Å². The summed E-state index contributed by atoms with van der Waals surface area (Å²) in [6, 6.07) is 12.9. The molecule has 0 aliphatic carbocycles. The fourth-order valence-corrected chi connectivity index (χ4v) is 2.67. The van der Waals surface area contributed by atoms with E-state index in [1.165, 1.54) is 6.33 Å². The molecule has 0 saturated heterocycles. The van der Waals surface area contributed by atoms with Gasteiger partial charge >= 0.3 is 5.97 Å². The van der Waals surface area contributed by atoms with Crippen molar-refractivity contribution < 1.29 is 14.7 Å². The highest BCUT2D eigenvalue weighted by atomic mass is 79.9. The number of carboxylic acid groups (broad SMARTS) is 1. The Hall–Kier alpha value is -3.26. The molecule has 0 aliphatic heterocycles. The van der Waals surface area contributed by atoms with Crippen LogP contribution in [0.4, 0.5) is 17.2 Å². The SMILES string of the molecule is O=C(O)/C=C/C(=O)Nc1ccc2c(Nc3cccc(Br)c3)ncnc2c1. The minimum Gasteiger partial charge on any atom is -0.478 e. The molecule has 0 bridgehead atoms. The number of fused-ring (bicyclic) bond motifs is 1. The maximum Gasteiger partial charge on any atom is 0.328 e. The lowest BCUT2D eigenvalue weighted by atomic mass is 10.2. The van der Waals surface area contributed by atoms with Crippen molar-refractivity contribution in [3.05, 3.63) is 65.4 Å². The summed E-state index contributed by atoms with van der Waals surface area (Å²) >= 11 is 3.42. The number of benzene rings is 2. The average molecular weight is 413 g/mol. The van der Waals surface area contributed by atoms with E-state index in [0.29, 0.717) is 17.0 Å². The van der Waals surface area contributed by atoms with E-state index in [1.807, 2.05) is 24.3 Å². The van der Waals surface area contributed by atoms with E-state index in [2.05, 4.69) is 36.5 Å². The van der Waals surface area contributed by atoms with Gasteiger partial charge in [-0.2, -0.15) is 0 Å². The number of aromatic nitrogens is 2. The summed E-state index contributed by atoms with van der Waals surface area (Å²) in [6.07, 6.45) is 3.16. The molecule has 1 amide bonds. The maximum atomic E-state index is 11.7. The molecule has 2 aromatic carbocycles. The molecule has 7 nitrogen and oxygen atoms in total. The van der Waals surface area contributed by atoms with Gasteiger partial charge in [0.1, 0.15) is 12.1 Å². The molecule has 0 spiro atoms. The number of carbonyl (C=O) groups is 2. The van der Waals surface area contributed by atoms with Crippen molar-refractivity contribution in [2.24, 2.45) is 0 Å². The van der Waals surface area contributed by atoms with Gasteiger partial charge in [0.2, 0.25) is 5.91 Å². The Bertz CT molecular complexity index is 1020. The van der Waals surface area contributed by atoms with Gasteiger partial charge in [0.25, 0.3) is 0 Å². The number of carboxylic acids is 1. The molecule has 0 atom stereocenters. The lowest BCUT2D eigenvalue weighted by Gasteiger charge is -2.10. The molecule has 0 fully saturated rings. The number of hydrogen-bond acceptors (Lipinski definition) is 5. The van der Waals surface area contributed by atoms with Gasteiger partial charge in [0.15, 0.2) is 0 Å². The van der Waals surface area contributed by atoms with Crippen LogP contribution < -0.4 is 10.6 Å². The average Bonchev–Trinajstić information content (AvgIpc) is 2.60. The summed E-state index contributed by atoms with van der Waals surface area (Å²) in [5, 5.41) is 15.2. The molecule has 0 saturated carbocycles. The van der Waals surface area contributed by atoms with Crippen molar-refractivity contribution in [1.29, 1.82) is 0 Å². The number of anilines is 3. The summed E-state index contributed by atoms with van der Waals surface area (Å²) in [5.74, 6) is -1.08. The number of amides is 1. The summed E-state index contributed by atoms with van der Waals surface area (Å²) in [7, 11) is 0. The zero-order chi connectivity index (χ0) is 18.5. The van der Waals surface area contributed by atoms with Gasteiger partial charge in [0, 0.05) is 33.4 Å². The smallest absolute Gasteiger partial charge is 0.328 e. The Labute approximate surface area is 156 Å². The number of hydrogen-bond donors (Lipinski definition) is 3. The number of carbonyl (C=O) groups excluding carboxylic acids is 1. The largest absolute Gasteiger partial charge is 0.478 e. The number of nitrogens with one attached hydrogen (secondary N) is 2. The molecule has 3 N–H and O–H groups in total. The molecule has 26 heavy (non-hydrogen) atoms. The third kappa shape index (κ3) is 4.42. The number of halogens is 1. The fraction of sp³-hybridized carbons (Fsp3) is 0. The van der Waals surface area contributed by atoms with Crippen molar-refractivity contribution in [2.45, 2.75) is 0 Å². The van der Waals surface area contributed by atoms with Crippen molar-refractivity contribution in [1.82, 2.24) is 9.97 Å². The Morgan fingerprint density at radius 1 is 1.04 bits per heavy atom. The van der Waals surface area contributed by atoms with Crippen LogP contribution in [-0.2, 0) is 9.59 Å². The van der Waals surface area contributed by atoms with Gasteiger partial charge in [-0.15, -0.1) is 0 Å². The van der Waals surface area contributed by atoms with Crippen molar-refractivity contribution in [3.8, 4) is 0 Å². The first-order valence-corrected chi connectivity index (χ1v) is 8.30. The van der Waals surface area contributed by atoms with E-state index in [-0.39, 0.29) is 0 Å². The first-order chi connectivity index (χ1) is 12.5. The monoisotopic (exact) mass is 412 g/mol. The highest BCUT2D eigenvalue weighted by Gasteiger charge is 2.07. The lowest BCUT2D eigenvalue weighted by molar-refractivity contribution is -0.131. The third-order valence-electron chi connectivity index (χ3n) is 3.37. The van der Waals surface area contributed by atoms with Crippen LogP contribution in [0.3, 0.4) is 0 Å². The number of rotatable bonds is 5. The molecule has 1 aromatic heterocycles. The Balaban J connectivity index is 1.85. The third-order valence-corrected chi connectivity index (χ3v) is 3.86. The molecule has 3 rings (SSSR count). The minimum absolute atomic E-state index is 0.504. The number of aliphatic carboxylic acids is 1. The second-order valence-electron chi connectivity index (χ2n) is 5.25. The fourth-order valence-electron chi connectivity index (χ4n) is 2.27. The normalized spacial score (nSPS) is 10.8. The minimum atomic E-state index is -1.19. The quantitative estimate of drug-likeness (QED) is 0.551. The zero-order valence-corrected chi connectivity index (χ0v) is 14.9. The van der Waals surface area contributed by atoms with E-state index in [4.69, 9.17) is 5.11 Å². The van der Waals surface area contributed by atoms with Crippen LogP contribution in [0.25, 0.3) is 10.9 Å². The predicted molar refractivity (Wildman–Crippen MR) is 102 cm³/mol. The summed E-state index contributed by atoms with van der Waals surface area (Å²) < 4.78 is 0.945. The Morgan fingerprint density at radius 3 is 2.65 bits per heavy atom. The van der Waals surface area contributed by atoms with Gasteiger partial charge in [-0.05, 0) is 36.4 Å². The lowest BCUT2D eigenvalue weighted by Crippen LogP contribution is -2.08. The molecule has 0 radical (unpaired) electrons. The zero-order valence-electron chi connectivity index (χ0n) is 13.3. The first kappa shape index (κ1) is 17.6. The standard InChI is InChI=1S/C18H13BrN4O3/c19-11-2-1-3-12(8-11)23-18-14-5-4-13(9-15(14)20-10-21-18)22-16(24)6-7-17(25)26/h1-10H,(H,22,24)(H,25,26)(H,20,21,23)/b7-6+.